The Morgan fingerprint density at radius 1 is 1.14 bits per heavy atom. The molecule has 43 heavy (non-hydrogen) atoms. The number of carbonyl (C=O) groups excluding carboxylic acids is 1. The predicted molar refractivity (Wildman–Crippen MR) is 171 cm³/mol. The summed E-state index contributed by atoms with van der Waals surface area (Å²) in [6.45, 7) is 8.87. The predicted octanol–water partition coefficient (Wildman–Crippen LogP) is 5.86. The van der Waals surface area contributed by atoms with Gasteiger partial charge in [-0.3, -0.25) is 4.79 Å². The zero-order chi connectivity index (χ0) is 30.4. The van der Waals surface area contributed by atoms with Crippen molar-refractivity contribution in [2.75, 3.05) is 37.7 Å². The third-order valence-electron chi connectivity index (χ3n) is 10.3. The highest BCUT2D eigenvalue weighted by Crippen LogP contribution is 2.48. The minimum Gasteiger partial charge on any atom is -0.490 e. The van der Waals surface area contributed by atoms with Crippen LogP contribution in [0.1, 0.15) is 64.0 Å². The second-order valence-electron chi connectivity index (χ2n) is 13.7. The van der Waals surface area contributed by atoms with Crippen LogP contribution in [0.5, 0.6) is 5.75 Å². The average molecular weight is 626 g/mol. The number of benzene rings is 2. The number of nitrogens with one attached hydrogen (secondary N) is 2. The number of anilines is 1. The summed E-state index contributed by atoms with van der Waals surface area (Å²) in [5, 5.41) is 4.08. The lowest BCUT2D eigenvalue weighted by molar-refractivity contribution is -0.127. The van der Waals surface area contributed by atoms with Gasteiger partial charge in [0.05, 0.1) is 22.6 Å². The summed E-state index contributed by atoms with van der Waals surface area (Å²) in [6, 6.07) is 11.3. The largest absolute Gasteiger partial charge is 0.490 e. The molecule has 1 fully saturated rings. The molecule has 2 aromatic rings. The molecule has 2 aliphatic heterocycles. The van der Waals surface area contributed by atoms with Crippen molar-refractivity contribution in [3.05, 3.63) is 64.7 Å². The minimum atomic E-state index is -4.10. The van der Waals surface area contributed by atoms with Crippen LogP contribution in [0, 0.1) is 23.2 Å². The molecular weight excluding hydrogens is 582 g/mol. The fraction of sp³-hybridized carbons (Fsp3) is 0.559. The topological polar surface area (TPSA) is 87.7 Å². The summed E-state index contributed by atoms with van der Waals surface area (Å²) in [7, 11) is -4.10. The van der Waals surface area contributed by atoms with Crippen molar-refractivity contribution in [3.8, 4) is 5.75 Å². The van der Waals surface area contributed by atoms with Crippen LogP contribution in [0.2, 0.25) is 5.02 Å². The molecule has 4 aliphatic rings. The van der Waals surface area contributed by atoms with Crippen molar-refractivity contribution in [2.45, 2.75) is 69.6 Å². The van der Waals surface area contributed by atoms with Crippen molar-refractivity contribution in [1.29, 1.82) is 0 Å². The van der Waals surface area contributed by atoms with Crippen LogP contribution < -0.4 is 19.7 Å². The summed E-state index contributed by atoms with van der Waals surface area (Å²) < 4.78 is 36.1. The first-order valence-corrected chi connectivity index (χ1v) is 17.6. The van der Waals surface area contributed by atoms with Crippen LogP contribution in [0.3, 0.4) is 0 Å². The minimum absolute atomic E-state index is 0.0753. The van der Waals surface area contributed by atoms with Gasteiger partial charge in [0.15, 0.2) is 0 Å². The fourth-order valence-corrected chi connectivity index (χ4v) is 8.97. The molecule has 2 N–H and O–H groups in total. The number of fused-ring (bicyclic) bond motifs is 4. The third kappa shape index (κ3) is 5.95. The van der Waals surface area contributed by atoms with Gasteiger partial charge in [0.25, 0.3) is 10.0 Å². The van der Waals surface area contributed by atoms with E-state index in [1.165, 1.54) is 17.5 Å². The maximum atomic E-state index is 13.6. The van der Waals surface area contributed by atoms with E-state index in [4.69, 9.17) is 16.3 Å². The maximum absolute atomic E-state index is 13.6. The number of nitrogens with zero attached hydrogens (tertiary/aromatic N) is 1. The number of ether oxygens (including phenoxy) is 1. The lowest BCUT2D eigenvalue weighted by Crippen LogP contribution is -2.49. The van der Waals surface area contributed by atoms with Gasteiger partial charge in [0.1, 0.15) is 5.75 Å². The van der Waals surface area contributed by atoms with Gasteiger partial charge in [-0.05, 0) is 112 Å². The molecule has 0 saturated heterocycles. The molecule has 1 saturated carbocycles. The summed E-state index contributed by atoms with van der Waals surface area (Å²) >= 11 is 6.42. The van der Waals surface area contributed by atoms with Gasteiger partial charge in [0, 0.05) is 36.6 Å². The van der Waals surface area contributed by atoms with Gasteiger partial charge in [0.2, 0.25) is 5.91 Å². The molecule has 6 rings (SSSR count). The van der Waals surface area contributed by atoms with E-state index in [9.17, 15) is 13.2 Å². The standard InChI is InChI=1S/C34H44ClN3O4S/c1-4-23-8-6-16-36-20-33(2,3)32(39)37-43(40,41)27-11-14-31-30(18-27)38(19-25-9-12-28(23)25)21-34(22-42-31)15-5-7-24-17-26(35)10-13-29(24)34/h6,8,10-11,13-14,17-18,23,25,28,36H,4-5,7,9,12,15-16,19-22H2,1-3H3,(H,37,39)/b8-6+/t23-,25+,28+,34+/m1/s1. The molecule has 232 valence electrons. The Labute approximate surface area is 261 Å². The van der Waals surface area contributed by atoms with Gasteiger partial charge >= 0.3 is 0 Å². The first-order valence-electron chi connectivity index (χ1n) is 15.8. The monoisotopic (exact) mass is 625 g/mol. The van der Waals surface area contributed by atoms with Crippen LogP contribution in [-0.2, 0) is 26.7 Å². The molecule has 0 unspecified atom stereocenters. The van der Waals surface area contributed by atoms with Gasteiger partial charge in [-0.15, -0.1) is 0 Å². The molecule has 1 amide bonds. The Morgan fingerprint density at radius 3 is 2.74 bits per heavy atom. The van der Waals surface area contributed by atoms with Crippen LogP contribution >= 0.6 is 11.6 Å². The molecule has 9 heteroatoms. The lowest BCUT2D eigenvalue weighted by atomic mass is 9.65. The number of rotatable bonds is 1. The van der Waals surface area contributed by atoms with Crippen LogP contribution in [0.25, 0.3) is 0 Å². The van der Waals surface area contributed by atoms with Crippen molar-refractivity contribution in [2.24, 2.45) is 23.2 Å². The zero-order valence-electron chi connectivity index (χ0n) is 25.5. The highest BCUT2D eigenvalue weighted by atomic mass is 35.5. The number of sulfonamides is 1. The number of hydrogen-bond acceptors (Lipinski definition) is 6. The molecule has 7 nitrogen and oxygen atoms in total. The van der Waals surface area contributed by atoms with Gasteiger partial charge < -0.3 is 15.0 Å². The number of halogens is 1. The van der Waals surface area contributed by atoms with Gasteiger partial charge in [-0.1, -0.05) is 36.7 Å². The van der Waals surface area contributed by atoms with Crippen molar-refractivity contribution in [3.63, 3.8) is 0 Å². The van der Waals surface area contributed by atoms with E-state index >= 15 is 0 Å². The normalized spacial score (nSPS) is 30.8. The number of amides is 1. The second-order valence-corrected chi connectivity index (χ2v) is 15.8. The zero-order valence-corrected chi connectivity index (χ0v) is 27.1. The smallest absolute Gasteiger partial charge is 0.264 e. The van der Waals surface area contributed by atoms with E-state index in [0.29, 0.717) is 43.2 Å². The molecule has 2 heterocycles. The molecule has 4 atom stereocenters. The van der Waals surface area contributed by atoms with E-state index in [2.05, 4.69) is 46.1 Å². The van der Waals surface area contributed by atoms with Crippen molar-refractivity contribution >= 4 is 33.2 Å². The second kappa shape index (κ2) is 11.8. The summed E-state index contributed by atoms with van der Waals surface area (Å²) in [5.41, 5.74) is 2.20. The van der Waals surface area contributed by atoms with E-state index < -0.39 is 21.3 Å². The lowest BCUT2D eigenvalue weighted by Gasteiger charge is -2.46. The Bertz CT molecular complexity index is 1520. The number of aryl methyl sites for hydroxylation is 1. The average Bonchev–Trinajstić information content (AvgIpc) is 3.10. The first kappa shape index (κ1) is 30.5. The van der Waals surface area contributed by atoms with Crippen molar-refractivity contribution in [1.82, 2.24) is 10.0 Å². The SMILES string of the molecule is CC[C@@H]1/C=C/CNCC(C)(C)C(=O)NS(=O)(=O)c2ccc3c(c2)N(C[C@@H]2CC[C@H]21)C[C@@]1(CCCc2cc(Cl)ccc21)CO3. The van der Waals surface area contributed by atoms with Crippen LogP contribution in [0.15, 0.2) is 53.4 Å². The fourth-order valence-electron chi connectivity index (χ4n) is 7.62. The Balaban J connectivity index is 1.44. The third-order valence-corrected chi connectivity index (χ3v) is 11.9. The summed E-state index contributed by atoms with van der Waals surface area (Å²) in [5.74, 6) is 1.71. The highest BCUT2D eigenvalue weighted by Gasteiger charge is 2.44. The molecule has 2 aromatic carbocycles. The summed E-state index contributed by atoms with van der Waals surface area (Å²) in [6.07, 6.45) is 11.0. The Hall–Kier alpha value is -2.55. The number of carbonyl (C=O) groups is 1. The van der Waals surface area contributed by atoms with E-state index in [1.807, 2.05) is 6.07 Å². The molecular formula is C34H44ClN3O4S. The summed E-state index contributed by atoms with van der Waals surface area (Å²) in [4.78, 5) is 15.7. The van der Waals surface area contributed by atoms with Gasteiger partial charge in [-0.25, -0.2) is 13.1 Å². The number of hydrogen-bond donors (Lipinski definition) is 2. The molecule has 1 spiro atoms. The number of allylic oxidation sites excluding steroid dienone is 1. The van der Waals surface area contributed by atoms with E-state index in [-0.39, 0.29) is 10.3 Å². The van der Waals surface area contributed by atoms with Crippen LogP contribution in [-0.4, -0.2) is 47.1 Å². The van der Waals surface area contributed by atoms with Crippen molar-refractivity contribution < 1.29 is 17.9 Å². The van der Waals surface area contributed by atoms with Crippen LogP contribution in [0.4, 0.5) is 5.69 Å². The highest BCUT2D eigenvalue weighted by molar-refractivity contribution is 7.90. The molecule has 2 aliphatic carbocycles. The quantitative estimate of drug-likeness (QED) is 0.386. The van der Waals surface area contributed by atoms with E-state index in [1.54, 1.807) is 32.0 Å². The maximum Gasteiger partial charge on any atom is 0.264 e. The Morgan fingerprint density at radius 2 is 1.98 bits per heavy atom. The molecule has 2 bridgehead atoms. The first-order chi connectivity index (χ1) is 20.5. The molecule has 0 aromatic heterocycles. The van der Waals surface area contributed by atoms with E-state index in [0.717, 1.165) is 55.9 Å². The van der Waals surface area contributed by atoms with Gasteiger partial charge in [-0.2, -0.15) is 0 Å². The molecule has 0 radical (unpaired) electrons. The Kier molecular flexibility index (Phi) is 8.33.